The van der Waals surface area contributed by atoms with Crippen molar-refractivity contribution in [3.05, 3.63) is 41.4 Å². The molecule has 82 valence electrons. The van der Waals surface area contributed by atoms with Crippen LogP contribution in [0.3, 0.4) is 0 Å². The van der Waals surface area contributed by atoms with Crippen LogP contribution in [-0.2, 0) is 0 Å². The first-order chi connectivity index (χ1) is 7.75. The van der Waals surface area contributed by atoms with Gasteiger partial charge in [0.05, 0.1) is 5.56 Å². The Morgan fingerprint density at radius 3 is 2.88 bits per heavy atom. The summed E-state index contributed by atoms with van der Waals surface area (Å²) in [6.07, 6.45) is 5.92. The molecule has 1 heterocycles. The van der Waals surface area contributed by atoms with Crippen LogP contribution in [0.2, 0.25) is 5.02 Å². The van der Waals surface area contributed by atoms with Crippen molar-refractivity contribution < 1.29 is 4.39 Å². The van der Waals surface area contributed by atoms with Gasteiger partial charge in [0, 0.05) is 23.5 Å². The third kappa shape index (κ3) is 1.61. The van der Waals surface area contributed by atoms with Gasteiger partial charge in [0.15, 0.2) is 0 Å². The zero-order chi connectivity index (χ0) is 11.1. The Hall–Kier alpha value is -1.35. The van der Waals surface area contributed by atoms with Gasteiger partial charge in [-0.2, -0.15) is 0 Å². The van der Waals surface area contributed by atoms with E-state index in [0.29, 0.717) is 22.5 Å². The number of hydrogen-bond acceptors (Lipinski definition) is 1. The predicted octanol–water partition coefficient (Wildman–Crippen LogP) is 3.68. The minimum absolute atomic E-state index is 0.319. The SMILES string of the molecule is Fc1cc(Cl)ccc1-c1nccn1C1CC1. The fourth-order valence-electron chi connectivity index (χ4n) is 1.84. The van der Waals surface area contributed by atoms with Gasteiger partial charge in [-0.3, -0.25) is 0 Å². The van der Waals surface area contributed by atoms with E-state index in [1.807, 2.05) is 10.8 Å². The largest absolute Gasteiger partial charge is 0.328 e. The van der Waals surface area contributed by atoms with Gasteiger partial charge in [0.2, 0.25) is 0 Å². The molecule has 1 aliphatic carbocycles. The molecule has 0 unspecified atom stereocenters. The lowest BCUT2D eigenvalue weighted by molar-refractivity contribution is 0.626. The molecular formula is C12H10ClFN2. The molecule has 0 saturated heterocycles. The van der Waals surface area contributed by atoms with E-state index in [1.165, 1.54) is 6.07 Å². The van der Waals surface area contributed by atoms with Gasteiger partial charge in [0.1, 0.15) is 11.6 Å². The number of aromatic nitrogens is 2. The Morgan fingerprint density at radius 2 is 2.19 bits per heavy atom. The maximum atomic E-state index is 13.7. The first kappa shape index (κ1) is 9.85. The van der Waals surface area contributed by atoms with Crippen LogP contribution in [0.4, 0.5) is 4.39 Å². The molecule has 2 nitrogen and oxygen atoms in total. The zero-order valence-corrected chi connectivity index (χ0v) is 9.28. The molecule has 0 amide bonds. The van der Waals surface area contributed by atoms with Gasteiger partial charge >= 0.3 is 0 Å². The molecule has 1 fully saturated rings. The standard InChI is InChI=1S/C12H10ClFN2/c13-8-1-4-10(11(14)7-8)12-15-5-6-16(12)9-2-3-9/h1,4-7,9H,2-3H2. The first-order valence-electron chi connectivity index (χ1n) is 5.24. The van der Waals surface area contributed by atoms with Crippen molar-refractivity contribution in [2.24, 2.45) is 0 Å². The van der Waals surface area contributed by atoms with E-state index in [9.17, 15) is 4.39 Å². The number of benzene rings is 1. The topological polar surface area (TPSA) is 17.8 Å². The van der Waals surface area contributed by atoms with Crippen molar-refractivity contribution in [2.45, 2.75) is 18.9 Å². The molecule has 3 rings (SSSR count). The highest BCUT2D eigenvalue weighted by molar-refractivity contribution is 6.30. The minimum atomic E-state index is -0.319. The summed E-state index contributed by atoms with van der Waals surface area (Å²) in [6.45, 7) is 0. The lowest BCUT2D eigenvalue weighted by atomic mass is 10.2. The molecule has 0 bridgehead atoms. The Balaban J connectivity index is 2.10. The average molecular weight is 237 g/mol. The molecule has 0 atom stereocenters. The Morgan fingerprint density at radius 1 is 1.38 bits per heavy atom. The molecule has 0 radical (unpaired) electrons. The summed E-state index contributed by atoms with van der Waals surface area (Å²) >= 11 is 5.73. The lowest BCUT2D eigenvalue weighted by Crippen LogP contribution is -1.97. The van der Waals surface area contributed by atoms with Gasteiger partial charge in [-0.25, -0.2) is 9.37 Å². The van der Waals surface area contributed by atoms with Crippen LogP contribution in [0.5, 0.6) is 0 Å². The summed E-state index contributed by atoms with van der Waals surface area (Å²) in [7, 11) is 0. The van der Waals surface area contributed by atoms with Crippen molar-refractivity contribution in [1.82, 2.24) is 9.55 Å². The minimum Gasteiger partial charge on any atom is -0.328 e. The molecule has 0 N–H and O–H groups in total. The van der Waals surface area contributed by atoms with E-state index in [1.54, 1.807) is 18.3 Å². The summed E-state index contributed by atoms with van der Waals surface area (Å²) in [5, 5.41) is 0.408. The van der Waals surface area contributed by atoms with E-state index >= 15 is 0 Å². The third-order valence-corrected chi connectivity index (χ3v) is 3.02. The molecular weight excluding hydrogens is 227 g/mol. The van der Waals surface area contributed by atoms with Crippen LogP contribution in [0.1, 0.15) is 18.9 Å². The second-order valence-corrected chi connectivity index (χ2v) is 4.45. The number of hydrogen-bond donors (Lipinski definition) is 0. The number of halogens is 2. The van der Waals surface area contributed by atoms with Crippen LogP contribution in [0.25, 0.3) is 11.4 Å². The van der Waals surface area contributed by atoms with Crippen molar-refractivity contribution in [2.75, 3.05) is 0 Å². The molecule has 1 aliphatic rings. The summed E-state index contributed by atoms with van der Waals surface area (Å²) in [6, 6.07) is 5.18. The lowest BCUT2D eigenvalue weighted by Gasteiger charge is -2.07. The molecule has 1 aromatic carbocycles. The Kier molecular flexibility index (Phi) is 2.21. The van der Waals surface area contributed by atoms with E-state index < -0.39 is 0 Å². The van der Waals surface area contributed by atoms with Gasteiger partial charge in [-0.05, 0) is 31.0 Å². The van der Waals surface area contributed by atoms with E-state index in [4.69, 9.17) is 11.6 Å². The van der Waals surface area contributed by atoms with Crippen molar-refractivity contribution >= 4 is 11.6 Å². The quantitative estimate of drug-likeness (QED) is 0.778. The highest BCUT2D eigenvalue weighted by Gasteiger charge is 2.26. The molecule has 1 saturated carbocycles. The molecule has 2 aromatic rings. The van der Waals surface area contributed by atoms with Crippen LogP contribution in [0.15, 0.2) is 30.6 Å². The van der Waals surface area contributed by atoms with Crippen LogP contribution >= 0.6 is 11.6 Å². The zero-order valence-electron chi connectivity index (χ0n) is 8.53. The Bertz CT molecular complexity index is 532. The number of nitrogens with zero attached hydrogens (tertiary/aromatic N) is 2. The molecule has 16 heavy (non-hydrogen) atoms. The van der Waals surface area contributed by atoms with Crippen molar-refractivity contribution in [1.29, 1.82) is 0 Å². The molecule has 0 spiro atoms. The fraction of sp³-hybridized carbons (Fsp3) is 0.250. The van der Waals surface area contributed by atoms with Crippen LogP contribution in [-0.4, -0.2) is 9.55 Å². The molecule has 4 heteroatoms. The fourth-order valence-corrected chi connectivity index (χ4v) is 2.00. The molecule has 1 aromatic heterocycles. The van der Waals surface area contributed by atoms with E-state index in [0.717, 1.165) is 12.8 Å². The number of imidazole rings is 1. The first-order valence-corrected chi connectivity index (χ1v) is 5.62. The summed E-state index contributed by atoms with van der Waals surface area (Å²) in [4.78, 5) is 4.22. The van der Waals surface area contributed by atoms with Crippen LogP contribution in [0, 0.1) is 5.82 Å². The third-order valence-electron chi connectivity index (χ3n) is 2.78. The van der Waals surface area contributed by atoms with Gasteiger partial charge in [-0.15, -0.1) is 0 Å². The van der Waals surface area contributed by atoms with Crippen molar-refractivity contribution in [3.8, 4) is 11.4 Å². The van der Waals surface area contributed by atoms with E-state index in [-0.39, 0.29) is 5.82 Å². The monoisotopic (exact) mass is 236 g/mol. The molecule has 0 aliphatic heterocycles. The maximum Gasteiger partial charge on any atom is 0.143 e. The number of rotatable bonds is 2. The normalized spacial score (nSPS) is 15.4. The van der Waals surface area contributed by atoms with Crippen LogP contribution < -0.4 is 0 Å². The summed E-state index contributed by atoms with van der Waals surface area (Å²) in [5.41, 5.74) is 0.515. The Labute approximate surface area is 97.7 Å². The highest BCUT2D eigenvalue weighted by atomic mass is 35.5. The maximum absolute atomic E-state index is 13.7. The second-order valence-electron chi connectivity index (χ2n) is 4.01. The highest BCUT2D eigenvalue weighted by Crippen LogP contribution is 2.38. The van der Waals surface area contributed by atoms with Gasteiger partial charge < -0.3 is 4.57 Å². The van der Waals surface area contributed by atoms with E-state index in [2.05, 4.69) is 4.98 Å². The predicted molar refractivity (Wildman–Crippen MR) is 60.9 cm³/mol. The van der Waals surface area contributed by atoms with Gasteiger partial charge in [-0.1, -0.05) is 11.6 Å². The van der Waals surface area contributed by atoms with Gasteiger partial charge in [0.25, 0.3) is 0 Å². The summed E-state index contributed by atoms with van der Waals surface area (Å²) < 4.78 is 15.8. The summed E-state index contributed by atoms with van der Waals surface area (Å²) in [5.74, 6) is 0.372. The smallest absolute Gasteiger partial charge is 0.143 e. The second kappa shape index (κ2) is 3.59. The average Bonchev–Trinajstić information content (AvgIpc) is 2.98. The van der Waals surface area contributed by atoms with Crippen molar-refractivity contribution in [3.63, 3.8) is 0 Å².